The summed E-state index contributed by atoms with van der Waals surface area (Å²) in [6, 6.07) is 11.2. The number of aromatic nitrogens is 1. The highest BCUT2D eigenvalue weighted by atomic mass is 19.1. The lowest BCUT2D eigenvalue weighted by Crippen LogP contribution is -2.22. The summed E-state index contributed by atoms with van der Waals surface area (Å²) in [7, 11) is 1.68. The average Bonchev–Trinajstić information content (AvgIpc) is 2.48. The summed E-state index contributed by atoms with van der Waals surface area (Å²) in [6.07, 6.45) is 2.11. The molecule has 0 fully saturated rings. The lowest BCUT2D eigenvalue weighted by molar-refractivity contribution is 0.408. The molecule has 3 nitrogen and oxygen atoms in total. The summed E-state index contributed by atoms with van der Waals surface area (Å²) in [5.41, 5.74) is 2.01. The van der Waals surface area contributed by atoms with Crippen LogP contribution in [-0.2, 0) is 6.42 Å². The second-order valence-corrected chi connectivity index (χ2v) is 4.64. The van der Waals surface area contributed by atoms with Crippen LogP contribution in [0.15, 0.2) is 42.6 Å². The van der Waals surface area contributed by atoms with Crippen molar-refractivity contribution in [2.24, 2.45) is 0 Å². The third-order valence-electron chi connectivity index (χ3n) is 3.23. The van der Waals surface area contributed by atoms with E-state index in [1.54, 1.807) is 13.2 Å². The zero-order valence-corrected chi connectivity index (χ0v) is 11.8. The molecule has 1 unspecified atom stereocenters. The Morgan fingerprint density at radius 3 is 2.75 bits per heavy atom. The molecule has 0 saturated heterocycles. The fourth-order valence-electron chi connectivity index (χ4n) is 2.08. The molecule has 0 bridgehead atoms. The summed E-state index contributed by atoms with van der Waals surface area (Å²) in [5, 5.41) is 3.38. The Morgan fingerprint density at radius 2 is 2.05 bits per heavy atom. The van der Waals surface area contributed by atoms with E-state index in [0.29, 0.717) is 0 Å². The first-order valence-corrected chi connectivity index (χ1v) is 6.67. The molecule has 1 atom stereocenters. The maximum absolute atomic E-state index is 12.8. The molecule has 20 heavy (non-hydrogen) atoms. The largest absolute Gasteiger partial charge is 0.496 e. The van der Waals surface area contributed by atoms with Crippen molar-refractivity contribution in [2.75, 3.05) is 13.7 Å². The van der Waals surface area contributed by atoms with Crippen molar-refractivity contribution in [3.05, 3.63) is 59.7 Å². The van der Waals surface area contributed by atoms with Crippen molar-refractivity contribution in [1.82, 2.24) is 10.3 Å². The molecule has 0 saturated carbocycles. The molecule has 0 aliphatic heterocycles. The van der Waals surface area contributed by atoms with Crippen LogP contribution in [0, 0.1) is 5.82 Å². The SMILES string of the molecule is COc1ccccc1CCNC(C)c1ccc(F)cn1. The van der Waals surface area contributed by atoms with Crippen LogP contribution in [-0.4, -0.2) is 18.6 Å². The molecule has 2 aromatic rings. The minimum Gasteiger partial charge on any atom is -0.496 e. The first-order chi connectivity index (χ1) is 9.70. The molecular formula is C16H19FN2O. The molecule has 0 spiro atoms. The van der Waals surface area contributed by atoms with Crippen LogP contribution in [0.5, 0.6) is 5.75 Å². The fourth-order valence-corrected chi connectivity index (χ4v) is 2.08. The highest BCUT2D eigenvalue weighted by Gasteiger charge is 2.07. The van der Waals surface area contributed by atoms with Gasteiger partial charge >= 0.3 is 0 Å². The molecule has 0 aliphatic rings. The fraction of sp³-hybridized carbons (Fsp3) is 0.312. The molecule has 106 valence electrons. The molecule has 0 amide bonds. The van der Waals surface area contributed by atoms with Gasteiger partial charge in [-0.3, -0.25) is 4.98 Å². The van der Waals surface area contributed by atoms with Gasteiger partial charge in [-0.15, -0.1) is 0 Å². The van der Waals surface area contributed by atoms with Crippen molar-refractivity contribution in [3.8, 4) is 5.75 Å². The third-order valence-corrected chi connectivity index (χ3v) is 3.23. The Bertz CT molecular complexity index is 542. The van der Waals surface area contributed by atoms with Gasteiger partial charge < -0.3 is 10.1 Å². The normalized spacial score (nSPS) is 12.2. The number of benzene rings is 1. The van der Waals surface area contributed by atoms with Crippen LogP contribution in [0.2, 0.25) is 0 Å². The average molecular weight is 274 g/mol. The Hall–Kier alpha value is -1.94. The highest BCUT2D eigenvalue weighted by molar-refractivity contribution is 5.33. The second kappa shape index (κ2) is 7.01. The van der Waals surface area contributed by atoms with Crippen molar-refractivity contribution >= 4 is 0 Å². The minimum absolute atomic E-state index is 0.0882. The van der Waals surface area contributed by atoms with Crippen LogP contribution in [0.25, 0.3) is 0 Å². The number of ether oxygens (including phenoxy) is 1. The van der Waals surface area contributed by atoms with Crippen LogP contribution < -0.4 is 10.1 Å². The van der Waals surface area contributed by atoms with Gasteiger partial charge in [0.1, 0.15) is 11.6 Å². The number of nitrogens with zero attached hydrogens (tertiary/aromatic N) is 1. The Kier molecular flexibility index (Phi) is 5.07. The van der Waals surface area contributed by atoms with E-state index in [1.807, 2.05) is 25.1 Å². The van der Waals surface area contributed by atoms with Gasteiger partial charge in [-0.2, -0.15) is 0 Å². The number of para-hydroxylation sites is 1. The van der Waals surface area contributed by atoms with Gasteiger partial charge in [0.05, 0.1) is 19.0 Å². The smallest absolute Gasteiger partial charge is 0.141 e. The molecule has 2 rings (SSSR count). The van der Waals surface area contributed by atoms with Crippen molar-refractivity contribution in [1.29, 1.82) is 0 Å². The van der Waals surface area contributed by atoms with Crippen molar-refractivity contribution in [2.45, 2.75) is 19.4 Å². The Morgan fingerprint density at radius 1 is 1.25 bits per heavy atom. The molecule has 0 aliphatic carbocycles. The number of nitrogens with one attached hydrogen (secondary N) is 1. The molecular weight excluding hydrogens is 255 g/mol. The Labute approximate surface area is 118 Å². The predicted octanol–water partition coefficient (Wildman–Crippen LogP) is 3.12. The zero-order chi connectivity index (χ0) is 14.4. The molecule has 1 aromatic heterocycles. The lowest BCUT2D eigenvalue weighted by atomic mass is 10.1. The van der Waals surface area contributed by atoms with Crippen molar-refractivity contribution < 1.29 is 9.13 Å². The van der Waals surface area contributed by atoms with Gasteiger partial charge in [0, 0.05) is 6.04 Å². The van der Waals surface area contributed by atoms with E-state index >= 15 is 0 Å². The van der Waals surface area contributed by atoms with Gasteiger partial charge in [-0.25, -0.2) is 4.39 Å². The first kappa shape index (κ1) is 14.5. The van der Waals surface area contributed by atoms with Gasteiger partial charge in [0.2, 0.25) is 0 Å². The molecule has 1 aromatic carbocycles. The van der Waals surface area contributed by atoms with E-state index in [0.717, 1.165) is 24.4 Å². The minimum atomic E-state index is -0.310. The molecule has 4 heteroatoms. The number of halogens is 1. The summed E-state index contributed by atoms with van der Waals surface area (Å²) in [6.45, 7) is 2.82. The second-order valence-electron chi connectivity index (χ2n) is 4.64. The van der Waals surface area contributed by atoms with Crippen LogP contribution in [0.3, 0.4) is 0 Å². The van der Waals surface area contributed by atoms with E-state index in [9.17, 15) is 4.39 Å². The van der Waals surface area contributed by atoms with Gasteiger partial charge in [0.25, 0.3) is 0 Å². The van der Waals surface area contributed by atoms with Gasteiger partial charge in [-0.05, 0) is 43.7 Å². The number of hydrogen-bond donors (Lipinski definition) is 1. The molecule has 0 radical (unpaired) electrons. The number of hydrogen-bond acceptors (Lipinski definition) is 3. The summed E-state index contributed by atoms with van der Waals surface area (Å²) < 4.78 is 18.1. The predicted molar refractivity (Wildman–Crippen MR) is 77.3 cm³/mol. The number of rotatable bonds is 6. The summed E-state index contributed by atoms with van der Waals surface area (Å²) in [4.78, 5) is 4.08. The van der Waals surface area contributed by atoms with E-state index in [1.165, 1.54) is 17.8 Å². The van der Waals surface area contributed by atoms with Crippen molar-refractivity contribution in [3.63, 3.8) is 0 Å². The maximum atomic E-state index is 12.8. The lowest BCUT2D eigenvalue weighted by Gasteiger charge is -2.14. The first-order valence-electron chi connectivity index (χ1n) is 6.67. The number of methoxy groups -OCH3 is 1. The van der Waals surface area contributed by atoms with E-state index in [2.05, 4.69) is 16.4 Å². The monoisotopic (exact) mass is 274 g/mol. The Balaban J connectivity index is 1.87. The van der Waals surface area contributed by atoms with Gasteiger partial charge in [0.15, 0.2) is 0 Å². The topological polar surface area (TPSA) is 34.1 Å². The van der Waals surface area contributed by atoms with Crippen LogP contribution >= 0.6 is 0 Å². The van der Waals surface area contributed by atoms with E-state index in [-0.39, 0.29) is 11.9 Å². The standard InChI is InChI=1S/C16H19FN2O/c1-12(15-8-7-14(17)11-19-15)18-10-9-13-5-3-4-6-16(13)20-2/h3-8,11-12,18H,9-10H2,1-2H3. The molecule has 1 heterocycles. The number of pyridine rings is 1. The highest BCUT2D eigenvalue weighted by Crippen LogP contribution is 2.17. The summed E-state index contributed by atoms with van der Waals surface area (Å²) >= 11 is 0. The van der Waals surface area contributed by atoms with E-state index < -0.39 is 0 Å². The van der Waals surface area contributed by atoms with Crippen LogP contribution in [0.4, 0.5) is 4.39 Å². The third kappa shape index (κ3) is 3.78. The van der Waals surface area contributed by atoms with Gasteiger partial charge in [-0.1, -0.05) is 18.2 Å². The molecule has 1 N–H and O–H groups in total. The van der Waals surface area contributed by atoms with E-state index in [4.69, 9.17) is 4.74 Å². The zero-order valence-electron chi connectivity index (χ0n) is 11.8. The van der Waals surface area contributed by atoms with Crippen LogP contribution in [0.1, 0.15) is 24.2 Å². The maximum Gasteiger partial charge on any atom is 0.141 e. The summed E-state index contributed by atoms with van der Waals surface area (Å²) in [5.74, 6) is 0.594. The quantitative estimate of drug-likeness (QED) is 0.878.